The van der Waals surface area contributed by atoms with Gasteiger partial charge < -0.3 is 14.6 Å². The first-order valence-electron chi connectivity index (χ1n) is 8.37. The van der Waals surface area contributed by atoms with Crippen molar-refractivity contribution >= 4 is 28.7 Å². The van der Waals surface area contributed by atoms with Crippen LogP contribution in [0.2, 0.25) is 5.02 Å². The molecule has 1 aliphatic rings. The van der Waals surface area contributed by atoms with Crippen molar-refractivity contribution in [2.24, 2.45) is 5.92 Å². The predicted octanol–water partition coefficient (Wildman–Crippen LogP) is 3.55. The molecule has 1 N–H and O–H groups in total. The normalized spacial score (nSPS) is 16.0. The quantitative estimate of drug-likeness (QED) is 0.899. The molecule has 8 heteroatoms. The van der Waals surface area contributed by atoms with Gasteiger partial charge in [-0.05, 0) is 30.9 Å². The Balaban J connectivity index is 1.75. The van der Waals surface area contributed by atoms with Gasteiger partial charge in [0.15, 0.2) is 0 Å². The van der Waals surface area contributed by atoms with Crippen LogP contribution in [0.25, 0.3) is 11.0 Å². The number of imidazole rings is 1. The van der Waals surface area contributed by atoms with E-state index in [2.05, 4.69) is 4.98 Å². The van der Waals surface area contributed by atoms with Gasteiger partial charge in [0.1, 0.15) is 11.3 Å². The van der Waals surface area contributed by atoms with E-state index in [1.54, 1.807) is 15.5 Å². The fourth-order valence-corrected chi connectivity index (χ4v) is 3.35. The number of aromatic amines is 1. The van der Waals surface area contributed by atoms with E-state index < -0.39 is 5.82 Å². The summed E-state index contributed by atoms with van der Waals surface area (Å²) in [5, 5.41) is 0.243. The van der Waals surface area contributed by atoms with Crippen LogP contribution < -0.4 is 5.69 Å². The van der Waals surface area contributed by atoms with Crippen LogP contribution in [0.3, 0.4) is 0 Å². The molecule has 0 atom stereocenters. The summed E-state index contributed by atoms with van der Waals surface area (Å²) in [6.07, 6.45) is 0.864. The number of aromatic nitrogens is 2. The Hall–Kier alpha value is -2.02. The lowest BCUT2D eigenvalue weighted by molar-refractivity contribution is 0.0798. The van der Waals surface area contributed by atoms with Crippen molar-refractivity contribution in [3.05, 3.63) is 33.5 Å². The monoisotopic (exact) mass is 369 g/mol. The molecule has 0 unspecified atom stereocenters. The fourth-order valence-electron chi connectivity index (χ4n) is 3.15. The number of nitrogens with one attached hydrogen (secondary N) is 1. The molecule has 0 aliphatic carbocycles. The average molecular weight is 370 g/mol. The SMILES string of the molecule is CC(C)COC(=O)N1CCC(n2c(=O)[nH]c3c(F)cc(Cl)cc32)CC1. The van der Waals surface area contributed by atoms with Crippen LogP contribution in [0.1, 0.15) is 32.7 Å². The molecule has 2 heterocycles. The number of fused-ring (bicyclic) bond motifs is 1. The zero-order valence-corrected chi connectivity index (χ0v) is 15.0. The topological polar surface area (TPSA) is 67.3 Å². The molecule has 1 amide bonds. The summed E-state index contributed by atoms with van der Waals surface area (Å²) in [6, 6.07) is 2.65. The second kappa shape index (κ2) is 7.07. The van der Waals surface area contributed by atoms with Gasteiger partial charge in [0.2, 0.25) is 0 Å². The van der Waals surface area contributed by atoms with Crippen molar-refractivity contribution in [1.82, 2.24) is 14.5 Å². The van der Waals surface area contributed by atoms with Crippen molar-refractivity contribution in [2.45, 2.75) is 32.7 Å². The average Bonchev–Trinajstić information content (AvgIpc) is 2.89. The van der Waals surface area contributed by atoms with Crippen LogP contribution >= 0.6 is 11.6 Å². The molecule has 1 saturated heterocycles. The smallest absolute Gasteiger partial charge is 0.409 e. The van der Waals surface area contributed by atoms with E-state index in [0.717, 1.165) is 0 Å². The van der Waals surface area contributed by atoms with E-state index in [1.807, 2.05) is 13.8 Å². The van der Waals surface area contributed by atoms with E-state index >= 15 is 0 Å². The first-order chi connectivity index (χ1) is 11.9. The van der Waals surface area contributed by atoms with Gasteiger partial charge in [0.25, 0.3) is 0 Å². The molecule has 136 valence electrons. The fraction of sp³-hybridized carbons (Fsp3) is 0.529. The minimum Gasteiger partial charge on any atom is -0.449 e. The van der Waals surface area contributed by atoms with Crippen LogP contribution in [0.5, 0.6) is 0 Å². The standard InChI is InChI=1S/C17H21ClFN3O3/c1-10(2)9-25-17(24)21-5-3-12(4-6-21)22-14-8-11(18)7-13(19)15(14)20-16(22)23/h7-8,10,12H,3-6,9H2,1-2H3,(H,20,23). The molecule has 3 rings (SSSR count). The van der Waals surface area contributed by atoms with Crippen molar-refractivity contribution in [1.29, 1.82) is 0 Å². The number of carbonyl (C=O) groups excluding carboxylic acids is 1. The Morgan fingerprint density at radius 1 is 1.40 bits per heavy atom. The molecule has 2 aromatic rings. The van der Waals surface area contributed by atoms with Gasteiger partial charge in [-0.1, -0.05) is 25.4 Å². The van der Waals surface area contributed by atoms with Gasteiger partial charge >= 0.3 is 11.8 Å². The van der Waals surface area contributed by atoms with Gasteiger partial charge in [-0.15, -0.1) is 0 Å². The number of likely N-dealkylation sites (tertiary alicyclic amines) is 1. The second-order valence-corrected chi connectivity index (χ2v) is 7.21. The minimum absolute atomic E-state index is 0.117. The molecule has 0 bridgehead atoms. The molecule has 0 saturated carbocycles. The predicted molar refractivity (Wildman–Crippen MR) is 93.6 cm³/mol. The molecule has 1 aromatic carbocycles. The number of hydrogen-bond acceptors (Lipinski definition) is 3. The Labute approximate surface area is 149 Å². The van der Waals surface area contributed by atoms with E-state index in [9.17, 15) is 14.0 Å². The summed E-state index contributed by atoms with van der Waals surface area (Å²) >= 11 is 5.93. The van der Waals surface area contributed by atoms with Gasteiger partial charge in [0, 0.05) is 24.2 Å². The highest BCUT2D eigenvalue weighted by Gasteiger charge is 2.27. The number of amides is 1. The molecule has 1 aliphatic heterocycles. The summed E-state index contributed by atoms with van der Waals surface area (Å²) < 4.78 is 20.8. The Kier molecular flexibility index (Phi) is 5.03. The van der Waals surface area contributed by atoms with Crippen LogP contribution in [0, 0.1) is 11.7 Å². The molecule has 1 aromatic heterocycles. The number of rotatable bonds is 3. The van der Waals surface area contributed by atoms with Crippen molar-refractivity contribution in [3.63, 3.8) is 0 Å². The summed E-state index contributed by atoms with van der Waals surface area (Å²) in [7, 11) is 0. The maximum absolute atomic E-state index is 14.0. The van der Waals surface area contributed by atoms with Crippen LogP contribution in [0.4, 0.5) is 9.18 Å². The molecule has 6 nitrogen and oxygen atoms in total. The first kappa shape index (κ1) is 17.8. The maximum atomic E-state index is 14.0. The van der Waals surface area contributed by atoms with Crippen molar-refractivity contribution in [2.75, 3.05) is 19.7 Å². The molecular weight excluding hydrogens is 349 g/mol. The Morgan fingerprint density at radius 2 is 2.08 bits per heavy atom. The zero-order chi connectivity index (χ0) is 18.1. The number of carbonyl (C=O) groups is 1. The lowest BCUT2D eigenvalue weighted by atomic mass is 10.0. The Bertz CT molecular complexity index is 838. The summed E-state index contributed by atoms with van der Waals surface area (Å²) in [5.74, 6) is -0.265. The lowest BCUT2D eigenvalue weighted by Gasteiger charge is -2.32. The van der Waals surface area contributed by atoms with Gasteiger partial charge in [-0.3, -0.25) is 4.57 Å². The van der Waals surface area contributed by atoms with Gasteiger partial charge in [-0.2, -0.15) is 0 Å². The summed E-state index contributed by atoms with van der Waals surface area (Å²) in [4.78, 5) is 28.5. The molecule has 25 heavy (non-hydrogen) atoms. The maximum Gasteiger partial charge on any atom is 0.409 e. The van der Waals surface area contributed by atoms with E-state index in [4.69, 9.17) is 16.3 Å². The zero-order valence-electron chi connectivity index (χ0n) is 14.2. The highest BCUT2D eigenvalue weighted by molar-refractivity contribution is 6.31. The third-order valence-corrected chi connectivity index (χ3v) is 4.59. The van der Waals surface area contributed by atoms with Crippen LogP contribution in [0.15, 0.2) is 16.9 Å². The number of H-pyrrole nitrogens is 1. The van der Waals surface area contributed by atoms with E-state index in [-0.39, 0.29) is 34.3 Å². The van der Waals surface area contributed by atoms with E-state index in [1.165, 1.54) is 6.07 Å². The largest absolute Gasteiger partial charge is 0.449 e. The second-order valence-electron chi connectivity index (χ2n) is 6.77. The number of piperidine rings is 1. The van der Waals surface area contributed by atoms with Gasteiger partial charge in [-0.25, -0.2) is 14.0 Å². The van der Waals surface area contributed by atoms with Crippen LogP contribution in [-0.4, -0.2) is 40.2 Å². The minimum atomic E-state index is -0.548. The molecule has 0 spiro atoms. The molecular formula is C17H21ClFN3O3. The number of hydrogen-bond donors (Lipinski definition) is 1. The summed E-state index contributed by atoms with van der Waals surface area (Å²) in [5.41, 5.74) is 0.251. The van der Waals surface area contributed by atoms with E-state index in [0.29, 0.717) is 38.1 Å². The van der Waals surface area contributed by atoms with Crippen LogP contribution in [-0.2, 0) is 4.74 Å². The Morgan fingerprint density at radius 3 is 2.72 bits per heavy atom. The van der Waals surface area contributed by atoms with Gasteiger partial charge in [0.05, 0.1) is 12.1 Å². The third kappa shape index (κ3) is 3.66. The number of nitrogens with zero attached hydrogens (tertiary/aromatic N) is 2. The molecule has 1 fully saturated rings. The lowest BCUT2D eigenvalue weighted by Crippen LogP contribution is -2.41. The highest BCUT2D eigenvalue weighted by Crippen LogP contribution is 2.28. The summed E-state index contributed by atoms with van der Waals surface area (Å²) in [6.45, 7) is 5.33. The number of benzene rings is 1. The van der Waals surface area contributed by atoms with Crippen molar-refractivity contribution in [3.8, 4) is 0 Å². The van der Waals surface area contributed by atoms with Crippen molar-refractivity contribution < 1.29 is 13.9 Å². The highest BCUT2D eigenvalue weighted by atomic mass is 35.5. The number of halogens is 2. The number of ether oxygens (including phenoxy) is 1. The molecule has 0 radical (unpaired) electrons. The third-order valence-electron chi connectivity index (χ3n) is 4.37. The first-order valence-corrected chi connectivity index (χ1v) is 8.75.